The Balaban J connectivity index is 1.54. The van der Waals surface area contributed by atoms with Crippen LogP contribution < -0.4 is 21.1 Å². The molecule has 0 heterocycles. The molecule has 2 aliphatic carbocycles. The smallest absolute Gasteiger partial charge is 0.252 e. The number of ether oxygens (including phenoxy) is 1. The third kappa shape index (κ3) is 7.27. The van der Waals surface area contributed by atoms with E-state index in [2.05, 4.69) is 10.6 Å². The number of carbonyl (C=O) groups is 3. The van der Waals surface area contributed by atoms with Crippen LogP contribution in [0.3, 0.4) is 0 Å². The number of fused-ring (bicyclic) bond motifs is 1. The number of hydrogen-bond donors (Lipinski definition) is 4. The molecular weight excluding hydrogens is 482 g/mol. The van der Waals surface area contributed by atoms with E-state index in [1.54, 1.807) is 30.3 Å². The predicted octanol–water partition coefficient (Wildman–Crippen LogP) is 4.08. The standard InChI is InChI=1S/C30H39N3O5/c1-19(34)32-27(15-20-11-13-23(35)14-12-20)30(37)33-26-10-6-5-9-22-16-28(25(29(31)36)17-24(22)26)38-18-21-7-3-2-4-8-21/h11-14,16-17,21,26-27,35H,2-10,15,18H2,1H3,(H2,31,36)(H,32,34)(H,33,37)/t26-,27+/m1/s1. The Kier molecular flexibility index (Phi) is 9.26. The molecule has 1 saturated carbocycles. The lowest BCUT2D eigenvalue weighted by Gasteiger charge is -2.26. The topological polar surface area (TPSA) is 131 Å². The number of aromatic hydroxyl groups is 1. The van der Waals surface area contributed by atoms with Crippen LogP contribution in [-0.2, 0) is 22.4 Å². The van der Waals surface area contributed by atoms with Gasteiger partial charge in [0, 0.05) is 13.3 Å². The average Bonchev–Trinajstić information content (AvgIpc) is 3.09. The zero-order chi connectivity index (χ0) is 27.1. The van der Waals surface area contributed by atoms with Crippen LogP contribution in [-0.4, -0.2) is 35.5 Å². The first-order chi connectivity index (χ1) is 18.3. The summed E-state index contributed by atoms with van der Waals surface area (Å²) in [6.07, 6.45) is 9.68. The molecule has 1 fully saturated rings. The van der Waals surface area contributed by atoms with E-state index in [4.69, 9.17) is 10.5 Å². The van der Waals surface area contributed by atoms with Crippen molar-refractivity contribution >= 4 is 17.7 Å². The van der Waals surface area contributed by atoms with E-state index in [-0.39, 0.29) is 30.0 Å². The summed E-state index contributed by atoms with van der Waals surface area (Å²) in [5.41, 5.74) is 8.84. The summed E-state index contributed by atoms with van der Waals surface area (Å²) in [5, 5.41) is 15.4. The van der Waals surface area contributed by atoms with Gasteiger partial charge in [-0.25, -0.2) is 0 Å². The van der Waals surface area contributed by atoms with Gasteiger partial charge >= 0.3 is 0 Å². The third-order valence-corrected chi connectivity index (χ3v) is 7.66. The second-order valence-corrected chi connectivity index (χ2v) is 10.7. The van der Waals surface area contributed by atoms with Gasteiger partial charge in [-0.15, -0.1) is 0 Å². The molecule has 4 rings (SSSR count). The van der Waals surface area contributed by atoms with E-state index in [1.165, 1.54) is 26.2 Å². The summed E-state index contributed by atoms with van der Waals surface area (Å²) in [5.74, 6) is -0.00175. The van der Waals surface area contributed by atoms with E-state index in [0.29, 0.717) is 30.3 Å². The molecule has 38 heavy (non-hydrogen) atoms. The average molecular weight is 522 g/mol. The van der Waals surface area contributed by atoms with Crippen LogP contribution in [0.5, 0.6) is 11.5 Å². The Morgan fingerprint density at radius 2 is 1.74 bits per heavy atom. The number of rotatable bonds is 9. The summed E-state index contributed by atoms with van der Waals surface area (Å²) >= 11 is 0. The SMILES string of the molecule is CC(=O)N[C@@H](Cc1ccc(O)cc1)C(=O)N[C@@H]1CCCCc2cc(OCC3CCCCC3)c(C(N)=O)cc21. The van der Waals surface area contributed by atoms with Gasteiger partial charge in [0.2, 0.25) is 11.8 Å². The van der Waals surface area contributed by atoms with Gasteiger partial charge in [-0.1, -0.05) is 37.8 Å². The van der Waals surface area contributed by atoms with Crippen molar-refractivity contribution in [2.24, 2.45) is 11.7 Å². The number of phenolic OH excluding ortho intramolecular Hbond substituents is 1. The molecule has 2 atom stereocenters. The molecule has 0 aliphatic heterocycles. The summed E-state index contributed by atoms with van der Waals surface area (Å²) in [6.45, 7) is 1.96. The minimum absolute atomic E-state index is 0.136. The van der Waals surface area contributed by atoms with Crippen LogP contribution in [0.4, 0.5) is 0 Å². The predicted molar refractivity (Wildman–Crippen MR) is 145 cm³/mol. The van der Waals surface area contributed by atoms with Gasteiger partial charge in [0.1, 0.15) is 17.5 Å². The van der Waals surface area contributed by atoms with Crippen LogP contribution in [0, 0.1) is 5.92 Å². The van der Waals surface area contributed by atoms with Crippen molar-refractivity contribution < 1.29 is 24.2 Å². The normalized spacial score (nSPS) is 18.5. The zero-order valence-corrected chi connectivity index (χ0v) is 22.1. The first-order valence-electron chi connectivity index (χ1n) is 13.7. The first-order valence-corrected chi connectivity index (χ1v) is 13.7. The van der Waals surface area contributed by atoms with Gasteiger partial charge in [-0.3, -0.25) is 14.4 Å². The Labute approximate surface area is 224 Å². The molecule has 2 aromatic rings. The van der Waals surface area contributed by atoms with Crippen molar-refractivity contribution in [3.8, 4) is 11.5 Å². The van der Waals surface area contributed by atoms with Crippen LogP contribution in [0.1, 0.15) is 91.4 Å². The molecular formula is C30H39N3O5. The molecule has 0 radical (unpaired) electrons. The monoisotopic (exact) mass is 521 g/mol. The van der Waals surface area contributed by atoms with Crippen molar-refractivity contribution in [2.45, 2.75) is 83.2 Å². The van der Waals surface area contributed by atoms with E-state index >= 15 is 0 Å². The highest BCUT2D eigenvalue weighted by molar-refractivity contribution is 5.96. The van der Waals surface area contributed by atoms with E-state index in [1.807, 2.05) is 6.07 Å². The summed E-state index contributed by atoms with van der Waals surface area (Å²) < 4.78 is 6.16. The highest BCUT2D eigenvalue weighted by atomic mass is 16.5. The fourth-order valence-corrected chi connectivity index (χ4v) is 5.62. The lowest BCUT2D eigenvalue weighted by Crippen LogP contribution is -2.48. The minimum Gasteiger partial charge on any atom is -0.508 e. The highest BCUT2D eigenvalue weighted by Gasteiger charge is 2.28. The maximum atomic E-state index is 13.4. The van der Waals surface area contributed by atoms with Gasteiger partial charge in [-0.2, -0.15) is 0 Å². The van der Waals surface area contributed by atoms with E-state index in [9.17, 15) is 19.5 Å². The van der Waals surface area contributed by atoms with Crippen molar-refractivity contribution in [1.29, 1.82) is 0 Å². The lowest BCUT2D eigenvalue weighted by molar-refractivity contribution is -0.128. The molecule has 204 valence electrons. The maximum Gasteiger partial charge on any atom is 0.252 e. The van der Waals surface area contributed by atoms with Crippen LogP contribution in [0.25, 0.3) is 0 Å². The van der Waals surface area contributed by atoms with Crippen LogP contribution in [0.2, 0.25) is 0 Å². The second-order valence-electron chi connectivity index (χ2n) is 10.7. The van der Waals surface area contributed by atoms with Crippen molar-refractivity contribution in [2.75, 3.05) is 6.61 Å². The molecule has 5 N–H and O–H groups in total. The van der Waals surface area contributed by atoms with Crippen LogP contribution in [0.15, 0.2) is 36.4 Å². The molecule has 0 saturated heterocycles. The quantitative estimate of drug-likeness (QED) is 0.369. The zero-order valence-electron chi connectivity index (χ0n) is 22.1. The van der Waals surface area contributed by atoms with Crippen molar-refractivity contribution in [1.82, 2.24) is 10.6 Å². The molecule has 8 nitrogen and oxygen atoms in total. The Bertz CT molecular complexity index is 1140. The molecule has 0 spiro atoms. The Morgan fingerprint density at radius 1 is 1.03 bits per heavy atom. The molecule has 0 unspecified atom stereocenters. The Hall–Kier alpha value is -3.55. The number of hydrogen-bond acceptors (Lipinski definition) is 5. The third-order valence-electron chi connectivity index (χ3n) is 7.66. The van der Waals surface area contributed by atoms with Crippen molar-refractivity contribution in [3.63, 3.8) is 0 Å². The number of benzene rings is 2. The fourth-order valence-electron chi connectivity index (χ4n) is 5.62. The summed E-state index contributed by atoms with van der Waals surface area (Å²) in [7, 11) is 0. The number of nitrogens with one attached hydrogen (secondary N) is 2. The maximum absolute atomic E-state index is 13.4. The van der Waals surface area contributed by atoms with Gasteiger partial charge in [0.15, 0.2) is 0 Å². The van der Waals surface area contributed by atoms with Gasteiger partial charge in [-0.05, 0) is 79.0 Å². The number of nitrogens with two attached hydrogens (primary N) is 1. The minimum atomic E-state index is -0.780. The van der Waals surface area contributed by atoms with Crippen LogP contribution >= 0.6 is 0 Å². The van der Waals surface area contributed by atoms with Gasteiger partial charge in [0.25, 0.3) is 5.91 Å². The number of carbonyl (C=O) groups excluding carboxylic acids is 3. The van der Waals surface area contributed by atoms with Crippen molar-refractivity contribution in [3.05, 3.63) is 58.7 Å². The molecule has 8 heteroatoms. The fraction of sp³-hybridized carbons (Fsp3) is 0.500. The Morgan fingerprint density at radius 3 is 2.42 bits per heavy atom. The molecule has 2 aliphatic rings. The molecule has 0 bridgehead atoms. The number of primary amides is 1. The number of amides is 3. The number of aryl methyl sites for hydroxylation is 1. The van der Waals surface area contributed by atoms with E-state index in [0.717, 1.165) is 48.8 Å². The second kappa shape index (κ2) is 12.8. The van der Waals surface area contributed by atoms with E-state index < -0.39 is 11.9 Å². The number of phenols is 1. The lowest BCUT2D eigenvalue weighted by atomic mass is 9.90. The highest BCUT2D eigenvalue weighted by Crippen LogP contribution is 2.35. The molecule has 0 aromatic heterocycles. The molecule has 3 amide bonds. The largest absolute Gasteiger partial charge is 0.508 e. The molecule has 2 aromatic carbocycles. The summed E-state index contributed by atoms with van der Waals surface area (Å²) in [4.78, 5) is 37.7. The van der Waals surface area contributed by atoms with Gasteiger partial charge < -0.3 is 26.2 Å². The van der Waals surface area contributed by atoms with Gasteiger partial charge in [0.05, 0.1) is 18.2 Å². The first kappa shape index (κ1) is 27.5. The summed E-state index contributed by atoms with van der Waals surface area (Å²) in [6, 6.07) is 9.19.